The predicted octanol–water partition coefficient (Wildman–Crippen LogP) is 3.21. The number of hydrogen-bond donors (Lipinski definition) is 1. The third-order valence-electron chi connectivity index (χ3n) is 3.79. The molecule has 0 radical (unpaired) electrons. The summed E-state index contributed by atoms with van der Waals surface area (Å²) in [6.07, 6.45) is 6.63. The Bertz CT molecular complexity index is 1120. The molecule has 140 valence electrons. The SMILES string of the molecule is O=C(CN1C(=O)C(=CC=Cc2ccco2)SC1=S)Nc1cccc2nonc12. The van der Waals surface area contributed by atoms with Crippen molar-refractivity contribution in [2.45, 2.75) is 0 Å². The van der Waals surface area contributed by atoms with E-state index < -0.39 is 5.91 Å². The van der Waals surface area contributed by atoms with Crippen LogP contribution in [0.4, 0.5) is 5.69 Å². The Balaban J connectivity index is 1.43. The van der Waals surface area contributed by atoms with Gasteiger partial charge in [0.25, 0.3) is 5.91 Å². The Labute approximate surface area is 168 Å². The number of aromatic nitrogens is 2. The van der Waals surface area contributed by atoms with E-state index in [1.807, 2.05) is 0 Å². The molecule has 0 bridgehead atoms. The molecule has 0 aliphatic carbocycles. The molecule has 1 aromatic carbocycles. The first kappa shape index (κ1) is 18.1. The quantitative estimate of drug-likeness (QED) is 0.504. The van der Waals surface area contributed by atoms with Crippen LogP contribution in [-0.4, -0.2) is 37.9 Å². The van der Waals surface area contributed by atoms with E-state index in [-0.39, 0.29) is 12.5 Å². The van der Waals surface area contributed by atoms with Gasteiger partial charge in [0.2, 0.25) is 5.91 Å². The van der Waals surface area contributed by atoms with Crippen LogP contribution in [-0.2, 0) is 9.59 Å². The second-order valence-electron chi connectivity index (χ2n) is 5.65. The van der Waals surface area contributed by atoms with Gasteiger partial charge in [-0.2, -0.15) is 0 Å². The van der Waals surface area contributed by atoms with Crippen LogP contribution in [0.3, 0.4) is 0 Å². The number of benzene rings is 1. The van der Waals surface area contributed by atoms with Crippen LogP contribution in [0.2, 0.25) is 0 Å². The lowest BCUT2D eigenvalue weighted by molar-refractivity contribution is -0.126. The molecule has 0 spiro atoms. The largest absolute Gasteiger partial charge is 0.465 e. The highest BCUT2D eigenvalue weighted by molar-refractivity contribution is 8.26. The molecule has 1 fully saturated rings. The first-order chi connectivity index (χ1) is 13.6. The van der Waals surface area contributed by atoms with Crippen molar-refractivity contribution in [3.63, 3.8) is 0 Å². The van der Waals surface area contributed by atoms with Crippen LogP contribution < -0.4 is 5.32 Å². The van der Waals surface area contributed by atoms with Crippen LogP contribution in [0.1, 0.15) is 5.76 Å². The molecule has 10 heteroatoms. The number of anilines is 1. The standard InChI is InChI=1S/C18H12N4O4S2/c23-15(19-12-6-2-7-13-16(12)21-26-20-13)10-22-17(24)14(28-18(22)27)8-1-4-11-5-3-9-25-11/h1-9H,10H2,(H,19,23). The van der Waals surface area contributed by atoms with Gasteiger partial charge in [0.05, 0.1) is 16.9 Å². The summed E-state index contributed by atoms with van der Waals surface area (Å²) in [5, 5.41) is 10.2. The Hall–Kier alpha value is -3.24. The average Bonchev–Trinajstić information content (AvgIpc) is 3.40. The minimum Gasteiger partial charge on any atom is -0.465 e. The van der Waals surface area contributed by atoms with Gasteiger partial charge in [-0.15, -0.1) is 0 Å². The van der Waals surface area contributed by atoms with E-state index in [1.165, 1.54) is 4.90 Å². The van der Waals surface area contributed by atoms with Gasteiger partial charge < -0.3 is 9.73 Å². The summed E-state index contributed by atoms with van der Waals surface area (Å²) in [5.41, 5.74) is 1.41. The number of carbonyl (C=O) groups is 2. The monoisotopic (exact) mass is 412 g/mol. The molecule has 0 saturated carbocycles. The highest BCUT2D eigenvalue weighted by atomic mass is 32.2. The summed E-state index contributed by atoms with van der Waals surface area (Å²) in [5.74, 6) is -0.0580. The molecule has 4 rings (SSSR count). The van der Waals surface area contributed by atoms with Gasteiger partial charge in [0.1, 0.15) is 22.1 Å². The number of thiocarbonyl (C=S) groups is 1. The van der Waals surface area contributed by atoms with Crippen LogP contribution >= 0.6 is 24.0 Å². The third-order valence-corrected chi connectivity index (χ3v) is 5.18. The predicted molar refractivity (Wildman–Crippen MR) is 108 cm³/mol. The van der Waals surface area contributed by atoms with Gasteiger partial charge in [0.15, 0.2) is 5.52 Å². The summed E-state index contributed by atoms with van der Waals surface area (Å²) in [7, 11) is 0. The van der Waals surface area contributed by atoms with Gasteiger partial charge in [0, 0.05) is 0 Å². The van der Waals surface area contributed by atoms with Crippen LogP contribution in [0, 0.1) is 0 Å². The number of amides is 2. The van der Waals surface area contributed by atoms with Crippen LogP contribution in [0.25, 0.3) is 17.1 Å². The molecule has 0 atom stereocenters. The minimum absolute atomic E-state index is 0.203. The smallest absolute Gasteiger partial charge is 0.266 e. The number of carbonyl (C=O) groups excluding carboxylic acids is 2. The maximum absolute atomic E-state index is 12.5. The minimum atomic E-state index is -0.404. The van der Waals surface area contributed by atoms with Crippen LogP contribution in [0.15, 0.2) is 62.7 Å². The zero-order valence-electron chi connectivity index (χ0n) is 14.2. The number of nitrogens with zero attached hydrogens (tertiary/aromatic N) is 3. The molecule has 0 unspecified atom stereocenters. The normalized spacial score (nSPS) is 16.0. The molecular weight excluding hydrogens is 400 g/mol. The number of nitrogens with one attached hydrogen (secondary N) is 1. The first-order valence-electron chi connectivity index (χ1n) is 8.08. The topological polar surface area (TPSA) is 101 Å². The fourth-order valence-electron chi connectivity index (χ4n) is 2.51. The molecule has 8 nitrogen and oxygen atoms in total. The number of thioether (sulfide) groups is 1. The Kier molecular flexibility index (Phi) is 5.04. The molecule has 2 amide bonds. The van der Waals surface area contributed by atoms with E-state index in [1.54, 1.807) is 54.8 Å². The lowest BCUT2D eigenvalue weighted by Crippen LogP contribution is -2.36. The van der Waals surface area contributed by atoms with E-state index in [2.05, 4.69) is 20.3 Å². The number of allylic oxidation sites excluding steroid dienone is 2. The molecule has 3 aromatic rings. The van der Waals surface area contributed by atoms with E-state index in [9.17, 15) is 9.59 Å². The van der Waals surface area contributed by atoms with Crippen molar-refractivity contribution in [1.82, 2.24) is 15.2 Å². The Morgan fingerprint density at radius 3 is 3.00 bits per heavy atom. The van der Waals surface area contributed by atoms with Crippen molar-refractivity contribution in [2.24, 2.45) is 0 Å². The fraction of sp³-hybridized carbons (Fsp3) is 0.0556. The van der Waals surface area contributed by atoms with E-state index in [4.69, 9.17) is 16.6 Å². The van der Waals surface area contributed by atoms with Crippen molar-refractivity contribution in [3.05, 3.63) is 59.4 Å². The van der Waals surface area contributed by atoms with Crippen LogP contribution in [0.5, 0.6) is 0 Å². The summed E-state index contributed by atoms with van der Waals surface area (Å²) >= 11 is 6.38. The third kappa shape index (κ3) is 3.73. The molecular formula is C18H12N4O4S2. The van der Waals surface area contributed by atoms with Crippen molar-refractivity contribution in [3.8, 4) is 0 Å². The average molecular weight is 412 g/mol. The van der Waals surface area contributed by atoms with Crippen molar-refractivity contribution >= 4 is 62.9 Å². The van der Waals surface area contributed by atoms with Gasteiger partial charge in [-0.25, -0.2) is 4.63 Å². The summed E-state index contributed by atoms with van der Waals surface area (Å²) in [6, 6.07) is 8.67. The summed E-state index contributed by atoms with van der Waals surface area (Å²) in [6.45, 7) is -0.203. The number of hydrogen-bond acceptors (Lipinski definition) is 8. The van der Waals surface area contributed by atoms with E-state index in [0.29, 0.717) is 31.7 Å². The Morgan fingerprint density at radius 2 is 2.18 bits per heavy atom. The first-order valence-corrected chi connectivity index (χ1v) is 9.31. The van der Waals surface area contributed by atoms with Gasteiger partial charge >= 0.3 is 0 Å². The van der Waals surface area contributed by atoms with Gasteiger partial charge in [-0.3, -0.25) is 14.5 Å². The molecule has 1 aliphatic heterocycles. The lowest BCUT2D eigenvalue weighted by Gasteiger charge is -2.14. The number of rotatable bonds is 5. The molecule has 3 heterocycles. The zero-order valence-corrected chi connectivity index (χ0v) is 15.8. The lowest BCUT2D eigenvalue weighted by atomic mass is 10.2. The summed E-state index contributed by atoms with van der Waals surface area (Å²) in [4.78, 5) is 26.6. The van der Waals surface area contributed by atoms with Crippen molar-refractivity contribution in [2.75, 3.05) is 11.9 Å². The van der Waals surface area contributed by atoms with Crippen molar-refractivity contribution in [1.29, 1.82) is 0 Å². The van der Waals surface area contributed by atoms with Gasteiger partial charge in [-0.1, -0.05) is 36.1 Å². The molecule has 1 saturated heterocycles. The zero-order chi connectivity index (χ0) is 19.5. The number of fused-ring (bicyclic) bond motifs is 1. The second-order valence-corrected chi connectivity index (χ2v) is 7.33. The molecule has 28 heavy (non-hydrogen) atoms. The molecule has 2 aromatic heterocycles. The van der Waals surface area contributed by atoms with Gasteiger partial charge in [-0.05, 0) is 46.7 Å². The fourth-order valence-corrected chi connectivity index (χ4v) is 3.71. The van der Waals surface area contributed by atoms with Crippen molar-refractivity contribution < 1.29 is 18.6 Å². The highest BCUT2D eigenvalue weighted by Crippen LogP contribution is 2.31. The highest BCUT2D eigenvalue weighted by Gasteiger charge is 2.33. The molecule has 1 aliphatic rings. The second kappa shape index (κ2) is 7.79. The maximum Gasteiger partial charge on any atom is 0.266 e. The molecule has 1 N–H and O–H groups in total. The Morgan fingerprint density at radius 1 is 1.29 bits per heavy atom. The van der Waals surface area contributed by atoms with E-state index in [0.717, 1.165) is 11.8 Å². The van der Waals surface area contributed by atoms with E-state index >= 15 is 0 Å². The maximum atomic E-state index is 12.5. The summed E-state index contributed by atoms with van der Waals surface area (Å²) < 4.78 is 10.2. The number of furan rings is 1.